The van der Waals surface area contributed by atoms with Crippen molar-refractivity contribution in [3.8, 4) is 23.0 Å². The van der Waals surface area contributed by atoms with Gasteiger partial charge < -0.3 is 35.3 Å². The van der Waals surface area contributed by atoms with Gasteiger partial charge in [-0.05, 0) is 23.3 Å². The molecular weight excluding hydrogens is 438 g/mol. The van der Waals surface area contributed by atoms with Crippen molar-refractivity contribution in [2.24, 2.45) is 11.7 Å². The third kappa shape index (κ3) is 2.69. The Labute approximate surface area is 196 Å². The number of aliphatic hydroxyl groups excluding tert-OH is 1. The van der Waals surface area contributed by atoms with Gasteiger partial charge in [0.2, 0.25) is 5.91 Å². The summed E-state index contributed by atoms with van der Waals surface area (Å²) in [6.07, 6.45) is -1.63. The topological polar surface area (TPSA) is 131 Å². The predicted molar refractivity (Wildman–Crippen MR) is 122 cm³/mol. The number of primary amides is 1. The van der Waals surface area contributed by atoms with Crippen LogP contribution in [0.2, 0.25) is 0 Å². The molecule has 34 heavy (non-hydrogen) atoms. The second-order valence-corrected chi connectivity index (χ2v) is 8.62. The van der Waals surface area contributed by atoms with E-state index < -0.39 is 35.0 Å². The summed E-state index contributed by atoms with van der Waals surface area (Å²) < 4.78 is 17.5. The minimum Gasteiger partial charge on any atom is -0.508 e. The first-order chi connectivity index (χ1) is 16.3. The molecule has 176 valence electrons. The molecule has 2 aliphatic rings. The van der Waals surface area contributed by atoms with Gasteiger partial charge in [0.1, 0.15) is 29.1 Å². The standard InChI is InChI=1S/C26H25NO7/c1-32-17-12-18(33-2)22-19(13-17)34-26(15-8-10-16(28)11-9-15)21(14-6-4-3-5-7-14)20(24(27)30)23(29)25(22,26)31/h3-13,20-21,23,28-29,31H,1-2H3,(H2,27,30)/t20-,21-,23?,25+,26+/m0/s1. The highest BCUT2D eigenvalue weighted by Gasteiger charge is 2.77. The fourth-order valence-corrected chi connectivity index (χ4v) is 5.69. The maximum absolute atomic E-state index is 12.8. The van der Waals surface area contributed by atoms with Crippen molar-refractivity contribution in [2.75, 3.05) is 14.2 Å². The Morgan fingerprint density at radius 3 is 2.29 bits per heavy atom. The van der Waals surface area contributed by atoms with Crippen LogP contribution >= 0.6 is 0 Å². The van der Waals surface area contributed by atoms with Crippen molar-refractivity contribution >= 4 is 5.91 Å². The SMILES string of the molecule is COc1cc(OC)c2c(c1)O[C@]1(c3ccc(O)cc3)[C@@H](c3ccccc3)[C@H](C(N)=O)C(O)[C@]21O. The van der Waals surface area contributed by atoms with E-state index in [1.54, 1.807) is 48.5 Å². The molecule has 8 heteroatoms. The van der Waals surface area contributed by atoms with E-state index >= 15 is 0 Å². The van der Waals surface area contributed by atoms with Crippen LogP contribution in [0.15, 0.2) is 66.7 Å². The van der Waals surface area contributed by atoms with Gasteiger partial charge in [0.15, 0.2) is 11.2 Å². The highest BCUT2D eigenvalue weighted by atomic mass is 16.5. The number of nitrogens with two attached hydrogens (primary N) is 1. The number of benzene rings is 3. The normalized spacial score (nSPS) is 29.1. The summed E-state index contributed by atoms with van der Waals surface area (Å²) in [5.74, 6) is -1.93. The van der Waals surface area contributed by atoms with Gasteiger partial charge in [0, 0.05) is 18.1 Å². The van der Waals surface area contributed by atoms with E-state index in [2.05, 4.69) is 0 Å². The minimum atomic E-state index is -2.13. The van der Waals surface area contributed by atoms with E-state index in [1.807, 2.05) is 6.07 Å². The van der Waals surface area contributed by atoms with Crippen LogP contribution < -0.4 is 19.9 Å². The average Bonchev–Trinajstić information content (AvgIpc) is 3.22. The molecule has 0 spiro atoms. The molecule has 1 amide bonds. The van der Waals surface area contributed by atoms with Crippen LogP contribution in [0.3, 0.4) is 0 Å². The minimum absolute atomic E-state index is 0.0136. The van der Waals surface area contributed by atoms with E-state index in [9.17, 15) is 20.1 Å². The van der Waals surface area contributed by atoms with Gasteiger partial charge in [-0.1, -0.05) is 42.5 Å². The Morgan fingerprint density at radius 2 is 1.71 bits per heavy atom. The molecule has 1 fully saturated rings. The van der Waals surface area contributed by atoms with Crippen molar-refractivity contribution in [1.29, 1.82) is 0 Å². The molecule has 1 unspecified atom stereocenters. The second kappa shape index (κ2) is 7.65. The van der Waals surface area contributed by atoms with Crippen LogP contribution in [0.5, 0.6) is 23.0 Å². The lowest BCUT2D eigenvalue weighted by molar-refractivity contribution is -0.154. The summed E-state index contributed by atoms with van der Waals surface area (Å²) in [6, 6.07) is 18.3. The van der Waals surface area contributed by atoms with Gasteiger partial charge in [0.05, 0.1) is 25.7 Å². The van der Waals surface area contributed by atoms with Crippen LogP contribution in [0.4, 0.5) is 0 Å². The lowest BCUT2D eigenvalue weighted by atomic mass is 9.70. The number of methoxy groups -OCH3 is 2. The quantitative estimate of drug-likeness (QED) is 0.456. The number of aliphatic hydroxyl groups is 2. The molecule has 5 N–H and O–H groups in total. The van der Waals surface area contributed by atoms with Gasteiger partial charge in [0.25, 0.3) is 0 Å². The number of aromatic hydroxyl groups is 1. The molecule has 1 saturated carbocycles. The average molecular weight is 463 g/mol. The van der Waals surface area contributed by atoms with Gasteiger partial charge in [-0.25, -0.2) is 0 Å². The summed E-state index contributed by atoms with van der Waals surface area (Å²) >= 11 is 0. The fourth-order valence-electron chi connectivity index (χ4n) is 5.69. The Kier molecular flexibility index (Phi) is 4.96. The van der Waals surface area contributed by atoms with Gasteiger partial charge in [-0.2, -0.15) is 0 Å². The zero-order chi connectivity index (χ0) is 24.3. The molecule has 5 atom stereocenters. The summed E-state index contributed by atoms with van der Waals surface area (Å²) in [4.78, 5) is 12.8. The number of hydrogen-bond donors (Lipinski definition) is 4. The highest BCUT2D eigenvalue weighted by molar-refractivity contribution is 5.81. The van der Waals surface area contributed by atoms with Crippen LogP contribution in [-0.4, -0.2) is 41.6 Å². The molecule has 1 aliphatic carbocycles. The molecule has 8 nitrogen and oxygen atoms in total. The molecule has 5 rings (SSSR count). The van der Waals surface area contributed by atoms with Crippen molar-refractivity contribution in [3.05, 3.63) is 83.4 Å². The van der Waals surface area contributed by atoms with Crippen LogP contribution in [0, 0.1) is 5.92 Å². The van der Waals surface area contributed by atoms with E-state index in [-0.39, 0.29) is 22.8 Å². The molecule has 0 saturated heterocycles. The number of fused-ring (bicyclic) bond motifs is 3. The smallest absolute Gasteiger partial charge is 0.224 e. The van der Waals surface area contributed by atoms with Gasteiger partial charge in [-0.3, -0.25) is 4.79 Å². The van der Waals surface area contributed by atoms with Crippen molar-refractivity contribution in [2.45, 2.75) is 23.2 Å². The molecule has 1 heterocycles. The molecule has 0 aromatic heterocycles. The molecular formula is C26H25NO7. The largest absolute Gasteiger partial charge is 0.508 e. The Hall–Kier alpha value is -3.75. The van der Waals surface area contributed by atoms with Crippen molar-refractivity contribution < 1.29 is 34.3 Å². The maximum Gasteiger partial charge on any atom is 0.224 e. The number of amides is 1. The van der Waals surface area contributed by atoms with Crippen molar-refractivity contribution in [3.63, 3.8) is 0 Å². The molecule has 1 aliphatic heterocycles. The first-order valence-electron chi connectivity index (χ1n) is 10.8. The van der Waals surface area contributed by atoms with E-state index in [0.717, 1.165) is 0 Å². The Morgan fingerprint density at radius 1 is 1.03 bits per heavy atom. The van der Waals surface area contributed by atoms with E-state index in [0.29, 0.717) is 16.9 Å². The predicted octanol–water partition coefficient (Wildman–Crippen LogP) is 2.14. The number of phenolic OH excluding ortho intramolecular Hbond substituents is 1. The highest BCUT2D eigenvalue weighted by Crippen LogP contribution is 2.70. The molecule has 0 bridgehead atoms. The lowest BCUT2D eigenvalue weighted by Gasteiger charge is -2.40. The van der Waals surface area contributed by atoms with Crippen LogP contribution in [0.25, 0.3) is 0 Å². The number of rotatable bonds is 5. The van der Waals surface area contributed by atoms with Crippen LogP contribution in [0.1, 0.15) is 22.6 Å². The number of carbonyl (C=O) groups is 1. The summed E-state index contributed by atoms with van der Waals surface area (Å²) in [6.45, 7) is 0. The van der Waals surface area contributed by atoms with E-state index in [4.69, 9.17) is 19.9 Å². The fraction of sp³-hybridized carbons (Fsp3) is 0.269. The first kappa shape index (κ1) is 22.1. The third-order valence-electron chi connectivity index (χ3n) is 7.06. The number of hydrogen-bond acceptors (Lipinski definition) is 7. The maximum atomic E-state index is 12.8. The number of carbonyl (C=O) groups excluding carboxylic acids is 1. The Balaban J connectivity index is 1.89. The molecule has 3 aromatic carbocycles. The zero-order valence-corrected chi connectivity index (χ0v) is 18.6. The Bertz CT molecular complexity index is 1250. The third-order valence-corrected chi connectivity index (χ3v) is 7.06. The summed E-state index contributed by atoms with van der Waals surface area (Å²) in [7, 11) is 2.92. The van der Waals surface area contributed by atoms with E-state index in [1.165, 1.54) is 26.4 Å². The second-order valence-electron chi connectivity index (χ2n) is 8.62. The first-order valence-corrected chi connectivity index (χ1v) is 10.8. The van der Waals surface area contributed by atoms with Gasteiger partial charge in [-0.15, -0.1) is 0 Å². The number of phenols is 1. The molecule has 3 aromatic rings. The van der Waals surface area contributed by atoms with Crippen LogP contribution in [-0.2, 0) is 16.0 Å². The number of ether oxygens (including phenoxy) is 3. The monoisotopic (exact) mass is 463 g/mol. The summed E-state index contributed by atoms with van der Waals surface area (Å²) in [5, 5.41) is 34.1. The summed E-state index contributed by atoms with van der Waals surface area (Å²) in [5.41, 5.74) is 3.30. The van der Waals surface area contributed by atoms with Gasteiger partial charge >= 0.3 is 0 Å². The molecule has 0 radical (unpaired) electrons. The lowest BCUT2D eigenvalue weighted by Crippen LogP contribution is -2.52. The van der Waals surface area contributed by atoms with Crippen molar-refractivity contribution in [1.82, 2.24) is 0 Å². The zero-order valence-electron chi connectivity index (χ0n) is 18.6.